The first-order valence-electron chi connectivity index (χ1n) is 23.9. The predicted octanol–water partition coefficient (Wildman–Crippen LogP) is 19.5. The Morgan fingerprint density at radius 1 is 0.188 bits per heavy atom. The molecule has 0 saturated heterocycles. The van der Waals surface area contributed by atoms with Crippen molar-refractivity contribution in [3.8, 4) is 44.5 Å². The Morgan fingerprint density at radius 2 is 0.493 bits per heavy atom. The number of hydrogen-bond acceptors (Lipinski definition) is 1. The average Bonchev–Trinajstić information content (AvgIpc) is 3.79. The fourth-order valence-corrected chi connectivity index (χ4v) is 11.5. The van der Waals surface area contributed by atoms with E-state index in [1.807, 2.05) is 0 Å². The summed E-state index contributed by atoms with van der Waals surface area (Å²) < 4.78 is 6.67. The van der Waals surface area contributed by atoms with Crippen molar-refractivity contribution in [2.75, 3.05) is 0 Å². The van der Waals surface area contributed by atoms with Gasteiger partial charge in [-0.15, -0.1) is 0 Å². The van der Waals surface area contributed by atoms with E-state index in [4.69, 9.17) is 4.42 Å². The van der Waals surface area contributed by atoms with Crippen LogP contribution in [0.5, 0.6) is 0 Å². The van der Waals surface area contributed by atoms with E-state index in [0.29, 0.717) is 0 Å². The number of fused-ring (bicyclic) bond motifs is 15. The van der Waals surface area contributed by atoms with E-state index < -0.39 is 0 Å². The first-order chi connectivity index (χ1) is 34.1. The highest BCUT2D eigenvalue weighted by molar-refractivity contribution is 6.25. The van der Waals surface area contributed by atoms with Crippen molar-refractivity contribution < 1.29 is 4.42 Å². The quantitative estimate of drug-likeness (QED) is 0.161. The number of rotatable bonds is 4. The van der Waals surface area contributed by atoms with Gasteiger partial charge in [0.25, 0.3) is 0 Å². The van der Waals surface area contributed by atoms with Crippen LogP contribution in [0, 0.1) is 0 Å². The molecule has 0 amide bonds. The summed E-state index contributed by atoms with van der Waals surface area (Å²) in [6.45, 7) is 0. The van der Waals surface area contributed by atoms with Gasteiger partial charge >= 0.3 is 0 Å². The van der Waals surface area contributed by atoms with Crippen molar-refractivity contribution in [2.24, 2.45) is 0 Å². The van der Waals surface area contributed by atoms with Crippen LogP contribution >= 0.6 is 0 Å². The van der Waals surface area contributed by atoms with Crippen LogP contribution in [-0.2, 0) is 0 Å². The summed E-state index contributed by atoms with van der Waals surface area (Å²) in [5.74, 6) is 0. The highest BCUT2D eigenvalue weighted by atomic mass is 16.3. The molecular weight excluding hydrogens is 833 g/mol. The molecule has 0 atom stereocenters. The molecule has 0 bridgehead atoms. The Morgan fingerprint density at radius 3 is 0.928 bits per heavy atom. The van der Waals surface area contributed by atoms with E-state index in [2.05, 4.69) is 243 Å². The molecule has 318 valence electrons. The van der Waals surface area contributed by atoms with Gasteiger partial charge in [-0.25, -0.2) is 0 Å². The van der Waals surface area contributed by atoms with E-state index in [-0.39, 0.29) is 0 Å². The van der Waals surface area contributed by atoms with E-state index in [0.717, 1.165) is 33.1 Å². The van der Waals surface area contributed by atoms with E-state index in [9.17, 15) is 0 Å². The van der Waals surface area contributed by atoms with Crippen LogP contribution < -0.4 is 0 Å². The predicted molar refractivity (Wildman–Crippen MR) is 296 cm³/mol. The van der Waals surface area contributed by atoms with Crippen LogP contribution in [0.3, 0.4) is 0 Å². The monoisotopic (exact) mass is 872 g/mol. The minimum Gasteiger partial charge on any atom is -0.456 e. The van der Waals surface area contributed by atoms with Gasteiger partial charge in [0.1, 0.15) is 11.2 Å². The van der Waals surface area contributed by atoms with Crippen LogP contribution in [0.25, 0.3) is 153 Å². The Bertz CT molecular complexity index is 4340. The van der Waals surface area contributed by atoms with Gasteiger partial charge in [-0.05, 0) is 191 Å². The minimum absolute atomic E-state index is 0.894. The van der Waals surface area contributed by atoms with Crippen molar-refractivity contribution in [3.63, 3.8) is 0 Å². The van der Waals surface area contributed by atoms with Gasteiger partial charge in [-0.1, -0.05) is 182 Å². The molecular formula is C68H40O. The summed E-state index contributed by atoms with van der Waals surface area (Å²) in [5, 5.41) is 22.5. The van der Waals surface area contributed by atoms with Crippen LogP contribution in [0.2, 0.25) is 0 Å². The molecule has 0 aliphatic carbocycles. The lowest BCUT2D eigenvalue weighted by atomic mass is 9.89. The first-order valence-corrected chi connectivity index (χ1v) is 23.9. The van der Waals surface area contributed by atoms with Gasteiger partial charge in [0.2, 0.25) is 0 Å². The molecule has 69 heavy (non-hydrogen) atoms. The van der Waals surface area contributed by atoms with Crippen molar-refractivity contribution in [1.29, 1.82) is 0 Å². The molecule has 14 aromatic carbocycles. The molecule has 0 aliphatic heterocycles. The summed E-state index contributed by atoms with van der Waals surface area (Å²) in [5.41, 5.74) is 11.4. The highest BCUT2D eigenvalue weighted by Crippen LogP contribution is 2.43. The van der Waals surface area contributed by atoms with Crippen LogP contribution in [-0.4, -0.2) is 0 Å². The van der Waals surface area contributed by atoms with Crippen molar-refractivity contribution in [3.05, 3.63) is 243 Å². The Kier molecular flexibility index (Phi) is 8.13. The second-order valence-electron chi connectivity index (χ2n) is 18.8. The third-order valence-corrected chi connectivity index (χ3v) is 14.9. The summed E-state index contributed by atoms with van der Waals surface area (Å²) in [6.07, 6.45) is 0. The van der Waals surface area contributed by atoms with Gasteiger partial charge in [-0.2, -0.15) is 0 Å². The number of hydrogen-bond donors (Lipinski definition) is 0. The summed E-state index contributed by atoms with van der Waals surface area (Å²) in [7, 11) is 0. The molecule has 15 aromatic rings. The molecule has 0 aliphatic rings. The zero-order valence-electron chi connectivity index (χ0n) is 37.5. The maximum absolute atomic E-state index is 6.67. The lowest BCUT2D eigenvalue weighted by Crippen LogP contribution is -1.87. The zero-order chi connectivity index (χ0) is 45.2. The smallest absolute Gasteiger partial charge is 0.136 e. The molecule has 15 rings (SSSR count). The molecule has 0 N–H and O–H groups in total. The van der Waals surface area contributed by atoms with E-state index in [1.165, 1.54) is 120 Å². The van der Waals surface area contributed by atoms with Crippen molar-refractivity contribution >= 4 is 108 Å². The maximum Gasteiger partial charge on any atom is 0.136 e. The molecule has 1 nitrogen and oxygen atoms in total. The Balaban J connectivity index is 0.751. The third-order valence-electron chi connectivity index (χ3n) is 14.9. The van der Waals surface area contributed by atoms with Gasteiger partial charge in [0, 0.05) is 10.8 Å². The molecule has 1 aromatic heterocycles. The average molecular weight is 873 g/mol. The normalized spacial score (nSPS) is 12.1. The molecule has 0 spiro atoms. The molecule has 0 unspecified atom stereocenters. The van der Waals surface area contributed by atoms with Crippen LogP contribution in [0.1, 0.15) is 0 Å². The summed E-state index contributed by atoms with van der Waals surface area (Å²) in [6, 6.07) is 89.6. The largest absolute Gasteiger partial charge is 0.456 e. The van der Waals surface area contributed by atoms with Crippen molar-refractivity contribution in [2.45, 2.75) is 0 Å². The Labute approximate surface area is 397 Å². The van der Waals surface area contributed by atoms with E-state index in [1.54, 1.807) is 0 Å². The van der Waals surface area contributed by atoms with Gasteiger partial charge in [-0.3, -0.25) is 0 Å². The maximum atomic E-state index is 6.67. The molecule has 0 radical (unpaired) electrons. The molecule has 1 heteroatoms. The van der Waals surface area contributed by atoms with Crippen molar-refractivity contribution in [1.82, 2.24) is 0 Å². The number of furan rings is 1. The first kappa shape index (κ1) is 38.1. The third kappa shape index (κ3) is 5.97. The molecule has 0 saturated carbocycles. The lowest BCUT2D eigenvalue weighted by molar-refractivity contribution is 0.669. The topological polar surface area (TPSA) is 13.1 Å². The SMILES string of the molecule is c1ccc2c(c1)ccc1c(-c3ccc4cc(-c5ccc6c(c5)oc5cc(-c7ccc8cc(-c9cc%10ccccc%10c%10c9ccc9ccccc9%10)ccc8c7)ccc56)ccc4c3)cc3ccccc3c12. The van der Waals surface area contributed by atoms with E-state index >= 15 is 0 Å². The van der Waals surface area contributed by atoms with Gasteiger partial charge in [0.15, 0.2) is 0 Å². The van der Waals surface area contributed by atoms with Crippen LogP contribution in [0.15, 0.2) is 247 Å². The molecule has 0 fully saturated rings. The summed E-state index contributed by atoms with van der Waals surface area (Å²) in [4.78, 5) is 0. The minimum atomic E-state index is 0.894. The fraction of sp³-hybridized carbons (Fsp3) is 0. The fourth-order valence-electron chi connectivity index (χ4n) is 11.5. The van der Waals surface area contributed by atoms with Gasteiger partial charge < -0.3 is 4.42 Å². The standard InChI is InChI=1S/C68H40O/c1-5-13-55-41(9-1)25-31-61-63(37-51-11-3-7-15-57(51)67(55)61)53-23-21-43-33-45(17-19-47(43)35-53)49-27-29-59-60-30-28-50(40-66(60)69-65(59)39-49)46-18-20-48-36-54(24-22-44(48)34-46)64-38-52-12-4-8-16-58(52)68-56-14-6-2-10-42(56)26-32-62(64)68/h1-40H. The van der Waals surface area contributed by atoms with Crippen LogP contribution in [0.4, 0.5) is 0 Å². The molecule has 1 heterocycles. The lowest BCUT2D eigenvalue weighted by Gasteiger charge is -2.14. The second-order valence-corrected chi connectivity index (χ2v) is 18.8. The summed E-state index contributed by atoms with van der Waals surface area (Å²) >= 11 is 0. The Hall–Kier alpha value is -9.04. The highest BCUT2D eigenvalue weighted by Gasteiger charge is 2.16. The van der Waals surface area contributed by atoms with Gasteiger partial charge in [0.05, 0.1) is 0 Å². The second kappa shape index (κ2) is 14.7. The number of benzene rings is 14. The zero-order valence-corrected chi connectivity index (χ0v) is 37.5.